The predicted octanol–water partition coefficient (Wildman–Crippen LogP) is 2.71. The zero-order valence-electron chi connectivity index (χ0n) is 19.2. The van der Waals surface area contributed by atoms with E-state index in [1.54, 1.807) is 38.5 Å². The number of hydrogen-bond acceptors (Lipinski definition) is 6. The van der Waals surface area contributed by atoms with Crippen LogP contribution in [0.2, 0.25) is 0 Å². The number of nitrogens with one attached hydrogen (secondary N) is 2. The monoisotopic (exact) mass is 454 g/mol. The van der Waals surface area contributed by atoms with Gasteiger partial charge in [0.25, 0.3) is 0 Å². The van der Waals surface area contributed by atoms with E-state index >= 15 is 0 Å². The Balaban J connectivity index is 1.71. The zero-order valence-corrected chi connectivity index (χ0v) is 19.2. The van der Waals surface area contributed by atoms with Crippen LogP contribution in [0, 0.1) is 0 Å². The third-order valence-corrected chi connectivity index (χ3v) is 5.93. The van der Waals surface area contributed by atoms with E-state index < -0.39 is 17.6 Å². The normalized spacial score (nSPS) is 18.2. The second-order valence-corrected chi connectivity index (χ2v) is 8.13. The molecule has 1 heterocycles. The molecule has 8 heteroatoms. The minimum Gasteiger partial charge on any atom is -0.493 e. The lowest BCUT2D eigenvalue weighted by Gasteiger charge is -2.30. The van der Waals surface area contributed by atoms with Crippen molar-refractivity contribution < 1.29 is 28.6 Å². The van der Waals surface area contributed by atoms with Gasteiger partial charge in [0.05, 0.1) is 21.3 Å². The first-order valence-electron chi connectivity index (χ1n) is 10.8. The predicted molar refractivity (Wildman–Crippen MR) is 122 cm³/mol. The summed E-state index contributed by atoms with van der Waals surface area (Å²) in [4.78, 5) is 37.1. The Labute approximate surface area is 193 Å². The zero-order chi connectivity index (χ0) is 23.8. The molecule has 0 spiro atoms. The lowest BCUT2D eigenvalue weighted by atomic mass is 9.84. The standard InChI is InChI=1S/C25H30N2O6/c1-31-19-10-9-17(15-20(19)32-2)16-25(14-12-22(29)27-25)13-11-21(28)26-23(24(30)33-3)18-7-5-4-6-8-18/h4-10,15,23H,11-14,16H2,1-3H3,(H,26,28)(H,27,29)/t23-,25+/m0/s1. The summed E-state index contributed by atoms with van der Waals surface area (Å²) in [7, 11) is 4.44. The van der Waals surface area contributed by atoms with Crippen molar-refractivity contribution >= 4 is 17.8 Å². The third-order valence-electron chi connectivity index (χ3n) is 5.93. The Morgan fingerprint density at radius 2 is 1.79 bits per heavy atom. The Morgan fingerprint density at radius 1 is 1.06 bits per heavy atom. The molecule has 1 fully saturated rings. The average molecular weight is 455 g/mol. The summed E-state index contributed by atoms with van der Waals surface area (Å²) in [5, 5.41) is 5.84. The summed E-state index contributed by atoms with van der Waals surface area (Å²) in [6.07, 6.45) is 2.15. The number of benzene rings is 2. The van der Waals surface area contributed by atoms with Crippen molar-refractivity contribution in [2.45, 2.75) is 43.7 Å². The van der Waals surface area contributed by atoms with Crippen LogP contribution in [-0.2, 0) is 25.5 Å². The van der Waals surface area contributed by atoms with E-state index in [0.717, 1.165) is 5.56 Å². The second-order valence-electron chi connectivity index (χ2n) is 8.13. The summed E-state index contributed by atoms with van der Waals surface area (Å²) in [6.45, 7) is 0. The molecular formula is C25H30N2O6. The Hall–Kier alpha value is -3.55. The summed E-state index contributed by atoms with van der Waals surface area (Å²) in [5.74, 6) is 0.370. The molecule has 0 aliphatic carbocycles. The average Bonchev–Trinajstić information content (AvgIpc) is 3.21. The number of carbonyl (C=O) groups excluding carboxylic acids is 3. The van der Waals surface area contributed by atoms with Crippen LogP contribution in [0.1, 0.15) is 42.9 Å². The smallest absolute Gasteiger partial charge is 0.333 e. The van der Waals surface area contributed by atoms with Crippen molar-refractivity contribution in [2.24, 2.45) is 0 Å². The molecule has 176 valence electrons. The first-order chi connectivity index (χ1) is 15.9. The van der Waals surface area contributed by atoms with Gasteiger partial charge in [0.1, 0.15) is 0 Å². The molecule has 1 saturated heterocycles. The Morgan fingerprint density at radius 3 is 2.39 bits per heavy atom. The van der Waals surface area contributed by atoms with Gasteiger partial charge in [-0.25, -0.2) is 4.79 Å². The SMILES string of the molecule is COC(=O)[C@@H](NC(=O)CC[C@]1(Cc2ccc(OC)c(OC)c2)CCC(=O)N1)c1ccccc1. The van der Waals surface area contributed by atoms with Crippen LogP contribution in [-0.4, -0.2) is 44.7 Å². The molecule has 0 unspecified atom stereocenters. The molecule has 2 N–H and O–H groups in total. The Kier molecular flexibility index (Phi) is 7.92. The highest BCUT2D eigenvalue weighted by Gasteiger charge is 2.38. The molecule has 0 aromatic heterocycles. The van der Waals surface area contributed by atoms with Gasteiger partial charge in [-0.15, -0.1) is 0 Å². The molecular weight excluding hydrogens is 424 g/mol. The molecule has 2 aromatic rings. The van der Waals surface area contributed by atoms with Crippen LogP contribution in [0.5, 0.6) is 11.5 Å². The third kappa shape index (κ3) is 6.03. The number of hydrogen-bond donors (Lipinski definition) is 2. The molecule has 2 aromatic carbocycles. The lowest BCUT2D eigenvalue weighted by molar-refractivity contribution is -0.145. The van der Waals surface area contributed by atoms with E-state index in [0.29, 0.717) is 42.7 Å². The highest BCUT2D eigenvalue weighted by molar-refractivity contribution is 5.85. The van der Waals surface area contributed by atoms with Gasteiger partial charge in [-0.3, -0.25) is 9.59 Å². The van der Waals surface area contributed by atoms with Gasteiger partial charge in [0.15, 0.2) is 17.5 Å². The van der Waals surface area contributed by atoms with Crippen molar-refractivity contribution in [2.75, 3.05) is 21.3 Å². The second kappa shape index (κ2) is 10.8. The maximum absolute atomic E-state index is 12.8. The molecule has 33 heavy (non-hydrogen) atoms. The van der Waals surface area contributed by atoms with E-state index in [1.165, 1.54) is 7.11 Å². The fraction of sp³-hybridized carbons (Fsp3) is 0.400. The van der Waals surface area contributed by atoms with Gasteiger partial charge in [-0.2, -0.15) is 0 Å². The van der Waals surface area contributed by atoms with Crippen molar-refractivity contribution in [1.82, 2.24) is 10.6 Å². The number of rotatable bonds is 10. The first kappa shape index (κ1) is 24.1. The molecule has 1 aliphatic rings. The number of methoxy groups -OCH3 is 3. The van der Waals surface area contributed by atoms with Crippen LogP contribution in [0.15, 0.2) is 48.5 Å². The van der Waals surface area contributed by atoms with Crippen molar-refractivity contribution in [3.63, 3.8) is 0 Å². The molecule has 2 atom stereocenters. The van der Waals surface area contributed by atoms with E-state index in [-0.39, 0.29) is 18.2 Å². The van der Waals surface area contributed by atoms with Gasteiger partial charge in [-0.05, 0) is 42.5 Å². The maximum Gasteiger partial charge on any atom is 0.333 e. The highest BCUT2D eigenvalue weighted by Crippen LogP contribution is 2.33. The van der Waals surface area contributed by atoms with Gasteiger partial charge >= 0.3 is 5.97 Å². The van der Waals surface area contributed by atoms with Gasteiger partial charge in [0, 0.05) is 18.4 Å². The van der Waals surface area contributed by atoms with Crippen LogP contribution in [0.25, 0.3) is 0 Å². The van der Waals surface area contributed by atoms with Gasteiger partial charge in [-0.1, -0.05) is 36.4 Å². The summed E-state index contributed by atoms with van der Waals surface area (Å²) >= 11 is 0. The topological polar surface area (TPSA) is 103 Å². The Bertz CT molecular complexity index is 994. The number of amides is 2. The molecule has 0 saturated carbocycles. The number of carbonyl (C=O) groups is 3. The molecule has 1 aliphatic heterocycles. The molecule has 3 rings (SSSR count). The quantitative estimate of drug-likeness (QED) is 0.535. The maximum atomic E-state index is 12.8. The first-order valence-corrected chi connectivity index (χ1v) is 10.8. The van der Waals surface area contributed by atoms with Crippen LogP contribution in [0.4, 0.5) is 0 Å². The number of esters is 1. The molecule has 2 amide bonds. The fourth-order valence-corrected chi connectivity index (χ4v) is 4.19. The van der Waals surface area contributed by atoms with Gasteiger partial charge < -0.3 is 24.8 Å². The van der Waals surface area contributed by atoms with E-state index in [4.69, 9.17) is 14.2 Å². The lowest BCUT2D eigenvalue weighted by Crippen LogP contribution is -2.45. The summed E-state index contributed by atoms with van der Waals surface area (Å²) in [6, 6.07) is 13.7. The van der Waals surface area contributed by atoms with Crippen LogP contribution in [0.3, 0.4) is 0 Å². The van der Waals surface area contributed by atoms with Crippen molar-refractivity contribution in [1.29, 1.82) is 0 Å². The van der Waals surface area contributed by atoms with Crippen LogP contribution < -0.4 is 20.1 Å². The van der Waals surface area contributed by atoms with E-state index in [1.807, 2.05) is 24.3 Å². The summed E-state index contributed by atoms with van der Waals surface area (Å²) in [5.41, 5.74) is 1.06. The minimum absolute atomic E-state index is 0.0346. The number of ether oxygens (including phenoxy) is 3. The van der Waals surface area contributed by atoms with E-state index in [9.17, 15) is 14.4 Å². The largest absolute Gasteiger partial charge is 0.493 e. The molecule has 0 radical (unpaired) electrons. The fourth-order valence-electron chi connectivity index (χ4n) is 4.19. The van der Waals surface area contributed by atoms with Crippen LogP contribution >= 0.6 is 0 Å². The summed E-state index contributed by atoms with van der Waals surface area (Å²) < 4.78 is 15.6. The minimum atomic E-state index is -0.885. The molecule has 0 bridgehead atoms. The van der Waals surface area contributed by atoms with Gasteiger partial charge in [0.2, 0.25) is 11.8 Å². The highest BCUT2D eigenvalue weighted by atomic mass is 16.5. The van der Waals surface area contributed by atoms with Crippen molar-refractivity contribution in [3.8, 4) is 11.5 Å². The molecule has 8 nitrogen and oxygen atoms in total. The van der Waals surface area contributed by atoms with E-state index in [2.05, 4.69) is 10.6 Å². The van der Waals surface area contributed by atoms with Crippen molar-refractivity contribution in [3.05, 3.63) is 59.7 Å².